The maximum atomic E-state index is 11.5. The van der Waals surface area contributed by atoms with Crippen LogP contribution in [0.1, 0.15) is 62.9 Å². The van der Waals surface area contributed by atoms with Crippen LogP contribution in [-0.2, 0) is 6.42 Å². The smallest absolute Gasteiger partial charge is 0.163 e. The summed E-state index contributed by atoms with van der Waals surface area (Å²) in [6.45, 7) is 8.00. The van der Waals surface area contributed by atoms with Gasteiger partial charge in [0.25, 0.3) is 0 Å². The van der Waals surface area contributed by atoms with Crippen LogP contribution < -0.4 is 0 Å². The lowest BCUT2D eigenvalue weighted by Crippen LogP contribution is -1.98. The molecule has 1 aliphatic carbocycles. The van der Waals surface area contributed by atoms with Gasteiger partial charge in [-0.05, 0) is 24.8 Å². The molecule has 0 bridgehead atoms. The van der Waals surface area contributed by atoms with E-state index in [1.54, 1.807) is 0 Å². The first kappa shape index (κ1) is 14.9. The average Bonchev–Trinajstić information content (AvgIpc) is 2.57. The van der Waals surface area contributed by atoms with E-state index >= 15 is 0 Å². The summed E-state index contributed by atoms with van der Waals surface area (Å²) in [6.07, 6.45) is 4.01. The molecule has 1 aliphatic rings. The lowest BCUT2D eigenvalue weighted by Gasteiger charge is -2.01. The molecule has 0 radical (unpaired) electrons. The molecule has 0 fully saturated rings. The second-order valence-corrected chi connectivity index (χ2v) is 3.29. The van der Waals surface area contributed by atoms with Gasteiger partial charge in [-0.15, -0.1) is 0 Å². The number of benzene rings is 1. The largest absolute Gasteiger partial charge is 0.294 e. The van der Waals surface area contributed by atoms with E-state index in [-0.39, 0.29) is 0 Å². The summed E-state index contributed by atoms with van der Waals surface area (Å²) in [5.41, 5.74) is 2.19. The second-order valence-electron chi connectivity index (χ2n) is 3.29. The highest BCUT2D eigenvalue weighted by Gasteiger charge is 2.13. The monoisotopic (exact) mass is 220 g/mol. The number of Topliss-reactive ketones (excluding diaryl/α,β-unsaturated/α-hetero) is 1. The fraction of sp³-hybridized carbons (Fsp3) is 0.533. The van der Waals surface area contributed by atoms with Crippen molar-refractivity contribution in [3.05, 3.63) is 35.4 Å². The Morgan fingerprint density at radius 1 is 0.875 bits per heavy atom. The van der Waals surface area contributed by atoms with E-state index in [1.807, 2.05) is 45.9 Å². The van der Waals surface area contributed by atoms with Crippen molar-refractivity contribution in [2.45, 2.75) is 53.4 Å². The van der Waals surface area contributed by atoms with Gasteiger partial charge in [0.2, 0.25) is 0 Å². The summed E-state index contributed by atoms with van der Waals surface area (Å²) < 4.78 is 0. The highest BCUT2D eigenvalue weighted by atomic mass is 16.1. The van der Waals surface area contributed by atoms with Crippen LogP contribution in [0.2, 0.25) is 0 Å². The Labute approximate surface area is 99.9 Å². The van der Waals surface area contributed by atoms with Gasteiger partial charge in [-0.1, -0.05) is 52.0 Å². The van der Waals surface area contributed by atoms with E-state index in [9.17, 15) is 4.79 Å². The summed E-state index contributed by atoms with van der Waals surface area (Å²) in [4.78, 5) is 11.5. The van der Waals surface area contributed by atoms with E-state index in [0.717, 1.165) is 31.2 Å². The number of carbonyl (C=O) groups is 1. The minimum Gasteiger partial charge on any atom is -0.294 e. The highest BCUT2D eigenvalue weighted by molar-refractivity contribution is 5.97. The molecule has 1 nitrogen and oxygen atoms in total. The van der Waals surface area contributed by atoms with Gasteiger partial charge in [0.15, 0.2) is 5.78 Å². The van der Waals surface area contributed by atoms with Crippen molar-refractivity contribution in [2.24, 2.45) is 0 Å². The normalized spacial score (nSPS) is 13.4. The lowest BCUT2D eigenvalue weighted by molar-refractivity contribution is 0.0982. The molecule has 0 saturated heterocycles. The molecule has 0 saturated carbocycles. The first-order valence-corrected chi connectivity index (χ1v) is 6.49. The van der Waals surface area contributed by atoms with Crippen LogP contribution >= 0.6 is 0 Å². The third-order valence-corrected chi connectivity index (χ3v) is 2.42. The minimum absolute atomic E-state index is 0.322. The summed E-state index contributed by atoms with van der Waals surface area (Å²) >= 11 is 0. The number of hydrogen-bond donors (Lipinski definition) is 0. The Kier molecular flexibility index (Phi) is 8.51. The zero-order chi connectivity index (χ0) is 12.4. The van der Waals surface area contributed by atoms with Crippen molar-refractivity contribution in [1.29, 1.82) is 0 Å². The van der Waals surface area contributed by atoms with E-state index < -0.39 is 0 Å². The Morgan fingerprint density at radius 3 is 2.12 bits per heavy atom. The van der Waals surface area contributed by atoms with Crippen LogP contribution in [0, 0.1) is 0 Å². The van der Waals surface area contributed by atoms with Gasteiger partial charge in [-0.25, -0.2) is 0 Å². The van der Waals surface area contributed by atoms with Gasteiger partial charge in [0.1, 0.15) is 0 Å². The summed E-state index contributed by atoms with van der Waals surface area (Å²) in [7, 11) is 0. The fourth-order valence-corrected chi connectivity index (χ4v) is 1.75. The standard InChI is InChI=1S/C11H12O.2C2H6/c12-11-8-4-2-6-9-5-1-3-7-10(9)11;2*1-2/h1,3,5,7H,2,4,6,8H2;2*1-2H3. The van der Waals surface area contributed by atoms with Crippen LogP contribution in [0.4, 0.5) is 0 Å². The minimum atomic E-state index is 0.322. The molecule has 90 valence electrons. The molecule has 0 aliphatic heterocycles. The fourth-order valence-electron chi connectivity index (χ4n) is 1.75. The molecule has 2 rings (SSSR count). The zero-order valence-corrected chi connectivity index (χ0v) is 11.0. The van der Waals surface area contributed by atoms with E-state index in [1.165, 1.54) is 5.56 Å². The second kappa shape index (κ2) is 9.14. The molecular weight excluding hydrogens is 196 g/mol. The quantitative estimate of drug-likeness (QED) is 0.582. The molecule has 0 heterocycles. The topological polar surface area (TPSA) is 17.1 Å². The van der Waals surface area contributed by atoms with Crippen molar-refractivity contribution < 1.29 is 4.79 Å². The van der Waals surface area contributed by atoms with Crippen molar-refractivity contribution in [1.82, 2.24) is 0 Å². The first-order chi connectivity index (χ1) is 7.88. The van der Waals surface area contributed by atoms with Gasteiger partial charge in [-0.3, -0.25) is 4.79 Å². The van der Waals surface area contributed by atoms with Crippen molar-refractivity contribution in [3.63, 3.8) is 0 Å². The maximum Gasteiger partial charge on any atom is 0.163 e. The number of fused-ring (bicyclic) bond motifs is 1. The predicted octanol–water partition coefficient (Wildman–Crippen LogP) is 4.65. The summed E-state index contributed by atoms with van der Waals surface area (Å²) in [6, 6.07) is 7.97. The summed E-state index contributed by atoms with van der Waals surface area (Å²) in [5.74, 6) is 0.322. The van der Waals surface area contributed by atoms with Crippen molar-refractivity contribution >= 4 is 5.78 Å². The Bertz CT molecular complexity index is 302. The molecule has 0 aromatic heterocycles. The molecule has 0 spiro atoms. The lowest BCUT2D eigenvalue weighted by atomic mass is 10.0. The SMILES string of the molecule is CC.CC.O=C1CCCCc2ccccc21. The number of aryl methyl sites for hydroxylation is 1. The van der Waals surface area contributed by atoms with E-state index in [0.29, 0.717) is 5.78 Å². The molecule has 1 aromatic rings. The number of ketones is 1. The van der Waals surface area contributed by atoms with E-state index in [2.05, 4.69) is 6.07 Å². The van der Waals surface area contributed by atoms with Crippen LogP contribution in [0.15, 0.2) is 24.3 Å². The summed E-state index contributed by atoms with van der Waals surface area (Å²) in [5, 5.41) is 0. The molecule has 0 unspecified atom stereocenters. The molecular formula is C15H24O. The predicted molar refractivity (Wildman–Crippen MR) is 71.0 cm³/mol. The third-order valence-electron chi connectivity index (χ3n) is 2.42. The zero-order valence-electron chi connectivity index (χ0n) is 11.0. The number of carbonyl (C=O) groups excluding carboxylic acids is 1. The van der Waals surface area contributed by atoms with Gasteiger partial charge >= 0.3 is 0 Å². The van der Waals surface area contributed by atoms with Crippen molar-refractivity contribution in [3.8, 4) is 0 Å². The number of hydrogen-bond acceptors (Lipinski definition) is 1. The van der Waals surface area contributed by atoms with Gasteiger partial charge in [0.05, 0.1) is 0 Å². The molecule has 0 amide bonds. The molecule has 1 heteroatoms. The van der Waals surface area contributed by atoms with Crippen molar-refractivity contribution in [2.75, 3.05) is 0 Å². The van der Waals surface area contributed by atoms with Gasteiger partial charge in [0, 0.05) is 12.0 Å². The van der Waals surface area contributed by atoms with Crippen LogP contribution in [0.5, 0.6) is 0 Å². The molecule has 0 N–H and O–H groups in total. The maximum absolute atomic E-state index is 11.5. The van der Waals surface area contributed by atoms with Crippen LogP contribution in [-0.4, -0.2) is 5.78 Å². The van der Waals surface area contributed by atoms with E-state index in [4.69, 9.17) is 0 Å². The van der Waals surface area contributed by atoms with Gasteiger partial charge < -0.3 is 0 Å². The third kappa shape index (κ3) is 4.18. The average molecular weight is 220 g/mol. The van der Waals surface area contributed by atoms with Crippen LogP contribution in [0.25, 0.3) is 0 Å². The molecule has 0 atom stereocenters. The Balaban J connectivity index is 0.000000509. The highest BCUT2D eigenvalue weighted by Crippen LogP contribution is 2.19. The molecule has 1 aromatic carbocycles. The Morgan fingerprint density at radius 2 is 1.44 bits per heavy atom. The van der Waals surface area contributed by atoms with Gasteiger partial charge in [-0.2, -0.15) is 0 Å². The first-order valence-electron chi connectivity index (χ1n) is 6.49. The Hall–Kier alpha value is -1.11. The molecule has 16 heavy (non-hydrogen) atoms. The van der Waals surface area contributed by atoms with Crippen LogP contribution in [0.3, 0.4) is 0 Å². The number of rotatable bonds is 0.